The first kappa shape index (κ1) is 12.0. The summed E-state index contributed by atoms with van der Waals surface area (Å²) in [6.45, 7) is 2.50. The predicted molar refractivity (Wildman–Crippen MR) is 68.5 cm³/mol. The van der Waals surface area contributed by atoms with E-state index >= 15 is 0 Å². The van der Waals surface area contributed by atoms with Gasteiger partial charge in [0, 0.05) is 0 Å². The largest absolute Gasteiger partial charge is 0.476 e. The molecular formula is C13H14N4O. The average molecular weight is 242 g/mol. The number of rotatable bonds is 4. The highest BCUT2D eigenvalue weighted by Gasteiger charge is 2.17. The molecule has 0 bridgehead atoms. The molecule has 92 valence electrons. The number of para-hydroxylation sites is 1. The number of nitrogens with zero attached hydrogens (tertiary/aromatic N) is 3. The quantitative estimate of drug-likeness (QED) is 0.890. The van der Waals surface area contributed by atoms with Gasteiger partial charge >= 0.3 is 0 Å². The second-order valence-electron chi connectivity index (χ2n) is 3.77. The Morgan fingerprint density at radius 2 is 2.11 bits per heavy atom. The summed E-state index contributed by atoms with van der Waals surface area (Å²) in [5.74, 6) is 0.593. The monoisotopic (exact) mass is 242 g/mol. The van der Waals surface area contributed by atoms with E-state index in [9.17, 15) is 0 Å². The van der Waals surface area contributed by atoms with Gasteiger partial charge in [0.15, 0.2) is 5.56 Å². The Hall–Kier alpha value is -2.48. The zero-order valence-electron chi connectivity index (χ0n) is 10.1. The van der Waals surface area contributed by atoms with Crippen LogP contribution in [0.25, 0.3) is 5.69 Å². The number of hydrogen-bond acceptors (Lipinski definition) is 4. The summed E-state index contributed by atoms with van der Waals surface area (Å²) in [5.41, 5.74) is 7.00. The molecule has 0 fully saturated rings. The fourth-order valence-corrected chi connectivity index (χ4v) is 1.58. The van der Waals surface area contributed by atoms with E-state index in [1.807, 2.05) is 43.3 Å². The van der Waals surface area contributed by atoms with Crippen LogP contribution in [0.4, 0.5) is 5.82 Å². The van der Waals surface area contributed by atoms with E-state index in [-0.39, 0.29) is 5.56 Å². The second-order valence-corrected chi connectivity index (χ2v) is 3.77. The molecule has 0 atom stereocenters. The third kappa shape index (κ3) is 2.13. The first-order valence-corrected chi connectivity index (χ1v) is 5.74. The molecule has 0 aliphatic rings. The number of aromatic nitrogens is 2. The third-order valence-electron chi connectivity index (χ3n) is 2.44. The van der Waals surface area contributed by atoms with Gasteiger partial charge in [0.05, 0.1) is 12.3 Å². The van der Waals surface area contributed by atoms with E-state index in [1.54, 1.807) is 0 Å². The van der Waals surface area contributed by atoms with Crippen LogP contribution in [0, 0.1) is 11.3 Å². The summed E-state index contributed by atoms with van der Waals surface area (Å²) in [6.07, 6.45) is 0.850. The van der Waals surface area contributed by atoms with Crippen LogP contribution in [-0.4, -0.2) is 16.4 Å². The Labute approximate surface area is 105 Å². The standard InChI is InChI=1S/C13H14N4O/c1-2-8-18-13-11(9-14)12(15)17(16-13)10-6-4-3-5-7-10/h3-7H,2,8,15H2,1H3. The van der Waals surface area contributed by atoms with Crippen LogP contribution in [0.2, 0.25) is 0 Å². The highest BCUT2D eigenvalue weighted by molar-refractivity contribution is 5.58. The second kappa shape index (κ2) is 5.23. The van der Waals surface area contributed by atoms with Crippen LogP contribution in [0.1, 0.15) is 18.9 Å². The van der Waals surface area contributed by atoms with E-state index in [0.29, 0.717) is 18.3 Å². The summed E-state index contributed by atoms with van der Waals surface area (Å²) >= 11 is 0. The number of nitriles is 1. The van der Waals surface area contributed by atoms with E-state index in [4.69, 9.17) is 15.7 Å². The van der Waals surface area contributed by atoms with E-state index in [0.717, 1.165) is 12.1 Å². The lowest BCUT2D eigenvalue weighted by atomic mass is 10.3. The number of ether oxygens (including phenoxy) is 1. The summed E-state index contributed by atoms with van der Waals surface area (Å²) in [4.78, 5) is 0. The van der Waals surface area contributed by atoms with Crippen molar-refractivity contribution in [2.24, 2.45) is 0 Å². The van der Waals surface area contributed by atoms with Crippen molar-refractivity contribution in [2.45, 2.75) is 13.3 Å². The van der Waals surface area contributed by atoms with Gasteiger partial charge in [0.1, 0.15) is 11.9 Å². The molecule has 0 saturated heterocycles. The predicted octanol–water partition coefficient (Wildman–Crippen LogP) is 2.11. The molecule has 0 unspecified atom stereocenters. The topological polar surface area (TPSA) is 76.9 Å². The van der Waals surface area contributed by atoms with Gasteiger partial charge in [0.2, 0.25) is 0 Å². The summed E-state index contributed by atoms with van der Waals surface area (Å²) < 4.78 is 6.94. The van der Waals surface area contributed by atoms with Gasteiger partial charge in [-0.25, -0.2) is 4.68 Å². The summed E-state index contributed by atoms with van der Waals surface area (Å²) in [6, 6.07) is 11.4. The molecule has 1 heterocycles. The molecule has 1 aromatic carbocycles. The van der Waals surface area contributed by atoms with Crippen molar-refractivity contribution in [3.8, 4) is 17.6 Å². The van der Waals surface area contributed by atoms with Crippen LogP contribution in [0.15, 0.2) is 30.3 Å². The SMILES string of the molecule is CCCOc1nn(-c2ccccc2)c(N)c1C#N. The van der Waals surface area contributed by atoms with E-state index < -0.39 is 0 Å². The Morgan fingerprint density at radius 1 is 1.39 bits per heavy atom. The minimum atomic E-state index is 0.285. The molecule has 18 heavy (non-hydrogen) atoms. The highest BCUT2D eigenvalue weighted by Crippen LogP contribution is 2.25. The molecule has 0 amide bonds. The molecule has 0 aliphatic carbocycles. The Balaban J connectivity index is 2.44. The van der Waals surface area contributed by atoms with Crippen molar-refractivity contribution in [3.05, 3.63) is 35.9 Å². The number of nitrogen functional groups attached to an aromatic ring is 1. The normalized spacial score (nSPS) is 10.0. The molecule has 0 spiro atoms. The molecule has 5 heteroatoms. The maximum atomic E-state index is 9.10. The molecule has 2 aromatic rings. The lowest BCUT2D eigenvalue weighted by Gasteiger charge is -2.02. The number of hydrogen-bond donors (Lipinski definition) is 1. The van der Waals surface area contributed by atoms with Crippen molar-refractivity contribution in [3.63, 3.8) is 0 Å². The molecule has 0 saturated carbocycles. The number of anilines is 1. The lowest BCUT2D eigenvalue weighted by molar-refractivity contribution is 0.302. The van der Waals surface area contributed by atoms with Gasteiger partial charge in [-0.3, -0.25) is 0 Å². The Kier molecular flexibility index (Phi) is 3.49. The van der Waals surface area contributed by atoms with Crippen LogP contribution in [-0.2, 0) is 0 Å². The van der Waals surface area contributed by atoms with E-state index in [1.165, 1.54) is 4.68 Å². The maximum absolute atomic E-state index is 9.10. The summed E-state index contributed by atoms with van der Waals surface area (Å²) in [7, 11) is 0. The van der Waals surface area contributed by atoms with Gasteiger partial charge < -0.3 is 10.5 Å². The molecule has 2 N–H and O–H groups in total. The van der Waals surface area contributed by atoms with Crippen molar-refractivity contribution < 1.29 is 4.74 Å². The highest BCUT2D eigenvalue weighted by atomic mass is 16.5. The van der Waals surface area contributed by atoms with Crippen LogP contribution >= 0.6 is 0 Å². The zero-order valence-corrected chi connectivity index (χ0v) is 10.1. The minimum absolute atomic E-state index is 0.285. The first-order valence-electron chi connectivity index (χ1n) is 5.74. The summed E-state index contributed by atoms with van der Waals surface area (Å²) in [5, 5.41) is 13.3. The molecule has 1 aromatic heterocycles. The van der Waals surface area contributed by atoms with Gasteiger partial charge in [-0.1, -0.05) is 25.1 Å². The smallest absolute Gasteiger partial charge is 0.253 e. The van der Waals surface area contributed by atoms with Crippen LogP contribution < -0.4 is 10.5 Å². The van der Waals surface area contributed by atoms with Gasteiger partial charge in [-0.2, -0.15) is 5.26 Å². The fourth-order valence-electron chi connectivity index (χ4n) is 1.58. The van der Waals surface area contributed by atoms with Gasteiger partial charge in [0.25, 0.3) is 5.88 Å². The Morgan fingerprint density at radius 3 is 2.72 bits per heavy atom. The van der Waals surface area contributed by atoms with Crippen LogP contribution in [0.3, 0.4) is 0 Å². The lowest BCUT2D eigenvalue weighted by Crippen LogP contribution is -2.02. The van der Waals surface area contributed by atoms with Crippen molar-refractivity contribution in [1.29, 1.82) is 5.26 Å². The molecule has 0 aliphatic heterocycles. The Bertz CT molecular complexity index is 569. The van der Waals surface area contributed by atoms with Crippen molar-refractivity contribution >= 4 is 5.82 Å². The molecular weight excluding hydrogens is 228 g/mol. The van der Waals surface area contributed by atoms with E-state index in [2.05, 4.69) is 5.10 Å². The average Bonchev–Trinajstić information content (AvgIpc) is 2.73. The maximum Gasteiger partial charge on any atom is 0.253 e. The molecule has 2 rings (SSSR count). The number of benzene rings is 1. The first-order chi connectivity index (χ1) is 8.77. The minimum Gasteiger partial charge on any atom is -0.476 e. The van der Waals surface area contributed by atoms with Gasteiger partial charge in [-0.15, -0.1) is 5.10 Å². The van der Waals surface area contributed by atoms with Crippen LogP contribution in [0.5, 0.6) is 5.88 Å². The zero-order chi connectivity index (χ0) is 13.0. The molecule has 0 radical (unpaired) electrons. The van der Waals surface area contributed by atoms with Crippen molar-refractivity contribution in [1.82, 2.24) is 9.78 Å². The van der Waals surface area contributed by atoms with Gasteiger partial charge in [-0.05, 0) is 18.6 Å². The third-order valence-corrected chi connectivity index (χ3v) is 2.44. The number of nitrogens with two attached hydrogens (primary N) is 1. The molecule has 5 nitrogen and oxygen atoms in total. The van der Waals surface area contributed by atoms with Crippen molar-refractivity contribution in [2.75, 3.05) is 12.3 Å². The fraction of sp³-hybridized carbons (Fsp3) is 0.231.